The smallest absolute Gasteiger partial charge is 0.321 e. The first kappa shape index (κ1) is 26.4. The predicted molar refractivity (Wildman–Crippen MR) is 148 cm³/mol. The highest BCUT2D eigenvalue weighted by atomic mass is 19.1. The van der Waals surface area contributed by atoms with E-state index in [9.17, 15) is 13.6 Å². The normalized spacial score (nSPS) is 20.8. The van der Waals surface area contributed by atoms with E-state index >= 15 is 0 Å². The van der Waals surface area contributed by atoms with E-state index in [1.54, 1.807) is 24.3 Å². The molecule has 3 aromatic rings. The highest BCUT2D eigenvalue weighted by Gasteiger charge is 2.39. The fraction of sp³-hybridized carbons (Fsp3) is 0.406. The van der Waals surface area contributed by atoms with Gasteiger partial charge in [0.05, 0.1) is 0 Å². The summed E-state index contributed by atoms with van der Waals surface area (Å²) < 4.78 is 26.6. The molecule has 0 bridgehead atoms. The molecule has 1 N–H and O–H groups in total. The van der Waals surface area contributed by atoms with Gasteiger partial charge in [-0.25, -0.2) is 13.6 Å². The molecule has 6 heteroatoms. The standard InChI is InChI=1S/C32H37F2N3O/c33-28-9-7-25(8-10-28)21-26-15-19-36(20-16-26)23-32(22-27-5-2-1-3-6-27)17-4-18-37(24-32)31(38)35-30-13-11-29(34)12-14-30/h1-3,5-14,26H,4,15-24H2,(H,35,38). The van der Waals surface area contributed by atoms with Crippen molar-refractivity contribution >= 4 is 11.7 Å². The van der Waals surface area contributed by atoms with Crippen molar-refractivity contribution in [3.63, 3.8) is 0 Å². The zero-order valence-electron chi connectivity index (χ0n) is 21.9. The van der Waals surface area contributed by atoms with Crippen molar-refractivity contribution < 1.29 is 13.6 Å². The highest BCUT2D eigenvalue weighted by Crippen LogP contribution is 2.36. The van der Waals surface area contributed by atoms with Crippen molar-refractivity contribution in [3.8, 4) is 0 Å². The van der Waals surface area contributed by atoms with Gasteiger partial charge in [0, 0.05) is 30.7 Å². The number of nitrogens with one attached hydrogen (secondary N) is 1. The molecule has 5 rings (SSSR count). The van der Waals surface area contributed by atoms with Gasteiger partial charge in [-0.05, 0) is 105 Å². The van der Waals surface area contributed by atoms with E-state index in [1.807, 2.05) is 23.1 Å². The number of rotatable bonds is 7. The molecular formula is C32H37F2N3O. The van der Waals surface area contributed by atoms with Crippen molar-refractivity contribution in [3.05, 3.63) is 102 Å². The quantitative estimate of drug-likeness (QED) is 0.375. The van der Waals surface area contributed by atoms with Crippen molar-refractivity contribution in [1.29, 1.82) is 0 Å². The van der Waals surface area contributed by atoms with Crippen molar-refractivity contribution in [1.82, 2.24) is 9.80 Å². The van der Waals surface area contributed by atoms with Crippen LogP contribution in [0.5, 0.6) is 0 Å². The molecule has 1 unspecified atom stereocenters. The Morgan fingerprint density at radius 3 is 2.18 bits per heavy atom. The first-order chi connectivity index (χ1) is 18.5. The number of carbonyl (C=O) groups excluding carboxylic acids is 1. The Balaban J connectivity index is 1.24. The summed E-state index contributed by atoms with van der Waals surface area (Å²) in [7, 11) is 0. The lowest BCUT2D eigenvalue weighted by Crippen LogP contribution is -2.54. The molecule has 0 aromatic heterocycles. The molecular weight excluding hydrogens is 480 g/mol. The lowest BCUT2D eigenvalue weighted by Gasteiger charge is -2.47. The minimum absolute atomic E-state index is 0.0243. The minimum atomic E-state index is -0.315. The molecule has 2 saturated heterocycles. The number of halogens is 2. The summed E-state index contributed by atoms with van der Waals surface area (Å²) in [5.41, 5.74) is 3.10. The van der Waals surface area contributed by atoms with E-state index in [4.69, 9.17) is 0 Å². The van der Waals surface area contributed by atoms with Gasteiger partial charge in [0.15, 0.2) is 0 Å². The van der Waals surface area contributed by atoms with Gasteiger partial charge in [0.25, 0.3) is 0 Å². The van der Waals surface area contributed by atoms with Gasteiger partial charge < -0.3 is 15.1 Å². The number of benzene rings is 3. The molecule has 2 aliphatic rings. The van der Waals surface area contributed by atoms with Gasteiger partial charge in [-0.2, -0.15) is 0 Å². The van der Waals surface area contributed by atoms with Crippen LogP contribution in [-0.2, 0) is 12.8 Å². The fourth-order valence-corrected chi connectivity index (χ4v) is 6.25. The summed E-state index contributed by atoms with van der Waals surface area (Å²) in [6.07, 6.45) is 6.24. The molecule has 2 aliphatic heterocycles. The van der Waals surface area contributed by atoms with Gasteiger partial charge >= 0.3 is 6.03 Å². The third kappa shape index (κ3) is 6.98. The summed E-state index contributed by atoms with van der Waals surface area (Å²) in [6.45, 7) is 4.48. The molecule has 3 aromatic carbocycles. The number of urea groups is 1. The molecule has 1 atom stereocenters. The number of carbonyl (C=O) groups is 1. The molecule has 2 amide bonds. The summed E-state index contributed by atoms with van der Waals surface area (Å²) in [4.78, 5) is 17.7. The molecule has 2 heterocycles. The highest BCUT2D eigenvalue weighted by molar-refractivity contribution is 5.89. The fourth-order valence-electron chi connectivity index (χ4n) is 6.25. The summed E-state index contributed by atoms with van der Waals surface area (Å²) in [5.74, 6) is 0.121. The molecule has 4 nitrogen and oxygen atoms in total. The monoisotopic (exact) mass is 517 g/mol. The largest absolute Gasteiger partial charge is 0.324 e. The maximum absolute atomic E-state index is 13.3. The SMILES string of the molecule is O=C(Nc1ccc(F)cc1)N1CCCC(Cc2ccccc2)(CN2CCC(Cc3ccc(F)cc3)CC2)C1. The summed E-state index contributed by atoms with van der Waals surface area (Å²) in [6, 6.07) is 23.3. The van der Waals surface area contributed by atoms with Gasteiger partial charge in [-0.3, -0.25) is 0 Å². The van der Waals surface area contributed by atoms with Gasteiger partial charge in [0.2, 0.25) is 0 Å². The van der Waals surface area contributed by atoms with E-state index < -0.39 is 0 Å². The van der Waals surface area contributed by atoms with Crippen LogP contribution in [0.15, 0.2) is 78.9 Å². The van der Waals surface area contributed by atoms with Gasteiger partial charge in [-0.15, -0.1) is 0 Å². The average Bonchev–Trinajstić information content (AvgIpc) is 2.93. The minimum Gasteiger partial charge on any atom is -0.324 e. The molecule has 38 heavy (non-hydrogen) atoms. The zero-order valence-corrected chi connectivity index (χ0v) is 21.9. The molecule has 0 spiro atoms. The number of piperidine rings is 2. The maximum atomic E-state index is 13.3. The van der Waals surface area contributed by atoms with E-state index in [0.29, 0.717) is 18.2 Å². The molecule has 2 fully saturated rings. The molecule has 0 aliphatic carbocycles. The maximum Gasteiger partial charge on any atom is 0.321 e. The van der Waals surface area contributed by atoms with Crippen LogP contribution in [0.3, 0.4) is 0 Å². The number of likely N-dealkylation sites (tertiary alicyclic amines) is 2. The Labute approximate surface area is 224 Å². The summed E-state index contributed by atoms with van der Waals surface area (Å²) >= 11 is 0. The third-order valence-corrected chi connectivity index (χ3v) is 8.17. The average molecular weight is 518 g/mol. The van der Waals surface area contributed by atoms with E-state index in [2.05, 4.69) is 34.5 Å². The lowest BCUT2D eigenvalue weighted by atomic mass is 9.74. The Morgan fingerprint density at radius 2 is 1.50 bits per heavy atom. The van der Waals surface area contributed by atoms with Crippen LogP contribution in [-0.4, -0.2) is 48.6 Å². The van der Waals surface area contributed by atoms with Crippen molar-refractivity contribution in [2.24, 2.45) is 11.3 Å². The molecule has 0 saturated carbocycles. The van der Waals surface area contributed by atoms with Gasteiger partial charge in [0.1, 0.15) is 11.6 Å². The predicted octanol–water partition coefficient (Wildman–Crippen LogP) is 6.78. The molecule has 200 valence electrons. The topological polar surface area (TPSA) is 35.6 Å². The van der Waals surface area contributed by atoms with Crippen LogP contribution >= 0.6 is 0 Å². The number of amides is 2. The second kappa shape index (κ2) is 12.1. The van der Waals surface area contributed by atoms with E-state index in [1.165, 1.54) is 23.3 Å². The van der Waals surface area contributed by atoms with Crippen LogP contribution in [0.2, 0.25) is 0 Å². The van der Waals surface area contributed by atoms with E-state index in [-0.39, 0.29) is 23.1 Å². The van der Waals surface area contributed by atoms with Crippen LogP contribution < -0.4 is 5.32 Å². The van der Waals surface area contributed by atoms with E-state index in [0.717, 1.165) is 64.7 Å². The Bertz CT molecular complexity index is 1180. The Hall–Kier alpha value is -3.25. The van der Waals surface area contributed by atoms with Gasteiger partial charge in [-0.1, -0.05) is 42.5 Å². The van der Waals surface area contributed by atoms with Crippen LogP contribution in [0.4, 0.5) is 19.3 Å². The number of hydrogen-bond donors (Lipinski definition) is 1. The van der Waals surface area contributed by atoms with Crippen LogP contribution in [0.1, 0.15) is 36.8 Å². The first-order valence-corrected chi connectivity index (χ1v) is 13.8. The number of anilines is 1. The second-order valence-electron chi connectivity index (χ2n) is 11.2. The van der Waals surface area contributed by atoms with Crippen LogP contribution in [0.25, 0.3) is 0 Å². The summed E-state index contributed by atoms with van der Waals surface area (Å²) in [5, 5.41) is 2.96. The van der Waals surface area contributed by atoms with Crippen molar-refractivity contribution in [2.45, 2.75) is 38.5 Å². The molecule has 0 radical (unpaired) electrons. The second-order valence-corrected chi connectivity index (χ2v) is 11.2. The number of hydrogen-bond acceptors (Lipinski definition) is 2. The third-order valence-electron chi connectivity index (χ3n) is 8.17. The lowest BCUT2D eigenvalue weighted by molar-refractivity contribution is 0.0520. The number of nitrogens with zero attached hydrogens (tertiary/aromatic N) is 2. The first-order valence-electron chi connectivity index (χ1n) is 13.8. The van der Waals surface area contributed by atoms with Crippen molar-refractivity contribution in [2.75, 3.05) is 38.0 Å². The Morgan fingerprint density at radius 1 is 0.842 bits per heavy atom. The van der Waals surface area contributed by atoms with Crippen LogP contribution in [0, 0.1) is 23.0 Å². The zero-order chi connectivity index (χ0) is 26.4. The Kier molecular flexibility index (Phi) is 8.38.